The van der Waals surface area contributed by atoms with E-state index in [0.29, 0.717) is 18.7 Å². The fourth-order valence-electron chi connectivity index (χ4n) is 3.86. The molecule has 6 heteroatoms. The lowest BCUT2D eigenvalue weighted by Crippen LogP contribution is -2.49. The van der Waals surface area contributed by atoms with Crippen LogP contribution in [0, 0.1) is 26.6 Å². The van der Waals surface area contributed by atoms with Crippen molar-refractivity contribution in [2.75, 3.05) is 31.1 Å². The van der Waals surface area contributed by atoms with Crippen molar-refractivity contribution in [1.82, 2.24) is 14.7 Å². The van der Waals surface area contributed by atoms with Crippen LogP contribution in [0.3, 0.4) is 0 Å². The van der Waals surface area contributed by atoms with Gasteiger partial charge < -0.3 is 9.80 Å². The third-order valence-electron chi connectivity index (χ3n) is 5.80. The van der Waals surface area contributed by atoms with Crippen LogP contribution in [0.25, 0.3) is 5.69 Å². The van der Waals surface area contributed by atoms with E-state index in [1.807, 2.05) is 11.8 Å². The van der Waals surface area contributed by atoms with E-state index in [1.54, 1.807) is 23.0 Å². The van der Waals surface area contributed by atoms with Crippen molar-refractivity contribution < 1.29 is 9.18 Å². The Balaban J connectivity index is 1.48. The van der Waals surface area contributed by atoms with Gasteiger partial charge in [-0.1, -0.05) is 12.1 Å². The number of nitrogens with zero attached hydrogens (tertiary/aromatic N) is 4. The number of aromatic nitrogens is 2. The molecule has 0 aliphatic carbocycles. The zero-order valence-corrected chi connectivity index (χ0v) is 17.0. The van der Waals surface area contributed by atoms with Crippen LogP contribution < -0.4 is 4.90 Å². The van der Waals surface area contributed by atoms with Gasteiger partial charge in [-0.2, -0.15) is 5.10 Å². The largest absolute Gasteiger partial charge is 0.368 e. The molecule has 1 aromatic heterocycles. The standard InChI is InChI=1S/C23H25FN4O/c1-16-5-4-6-22(17(16)2)26-11-13-27(14-12-26)23(29)21-15-25-28(18(21)3)20-9-7-19(24)8-10-20/h4-10,15H,11-14H2,1-3H3. The first-order valence-corrected chi connectivity index (χ1v) is 9.86. The molecule has 0 saturated carbocycles. The van der Waals surface area contributed by atoms with Crippen LogP contribution >= 0.6 is 0 Å². The summed E-state index contributed by atoms with van der Waals surface area (Å²) < 4.78 is 14.9. The summed E-state index contributed by atoms with van der Waals surface area (Å²) in [5.41, 5.74) is 5.92. The van der Waals surface area contributed by atoms with E-state index in [9.17, 15) is 9.18 Å². The topological polar surface area (TPSA) is 41.4 Å². The van der Waals surface area contributed by atoms with E-state index in [4.69, 9.17) is 0 Å². The average Bonchev–Trinajstić information content (AvgIpc) is 3.11. The smallest absolute Gasteiger partial charge is 0.257 e. The molecule has 0 radical (unpaired) electrons. The molecule has 0 spiro atoms. The van der Waals surface area contributed by atoms with E-state index in [0.717, 1.165) is 24.5 Å². The van der Waals surface area contributed by atoms with Crippen LogP contribution in [0.5, 0.6) is 0 Å². The normalized spacial score (nSPS) is 14.3. The first-order chi connectivity index (χ1) is 14.0. The number of carbonyl (C=O) groups is 1. The SMILES string of the molecule is Cc1cccc(N2CCN(C(=O)c3cnn(-c4ccc(F)cc4)c3C)CC2)c1C. The van der Waals surface area contributed by atoms with E-state index in [1.165, 1.54) is 28.9 Å². The molecule has 1 aliphatic heterocycles. The van der Waals surface area contributed by atoms with Gasteiger partial charge in [0.2, 0.25) is 0 Å². The first kappa shape index (κ1) is 19.2. The molecule has 150 valence electrons. The summed E-state index contributed by atoms with van der Waals surface area (Å²) in [5, 5.41) is 4.35. The summed E-state index contributed by atoms with van der Waals surface area (Å²) in [6.07, 6.45) is 1.61. The lowest BCUT2D eigenvalue weighted by Gasteiger charge is -2.37. The number of benzene rings is 2. The second-order valence-electron chi connectivity index (χ2n) is 7.53. The Hall–Kier alpha value is -3.15. The minimum atomic E-state index is -0.295. The Bertz CT molecular complexity index is 1030. The molecule has 2 heterocycles. The third kappa shape index (κ3) is 3.62. The Kier molecular flexibility index (Phi) is 5.09. The number of carbonyl (C=O) groups excluding carboxylic acids is 1. The number of rotatable bonds is 3. The zero-order chi connectivity index (χ0) is 20.5. The summed E-state index contributed by atoms with van der Waals surface area (Å²) in [5.74, 6) is -0.298. The average molecular weight is 392 g/mol. The number of halogens is 1. The highest BCUT2D eigenvalue weighted by atomic mass is 19.1. The van der Waals surface area contributed by atoms with Crippen molar-refractivity contribution in [1.29, 1.82) is 0 Å². The maximum atomic E-state index is 13.2. The van der Waals surface area contributed by atoms with Crippen molar-refractivity contribution in [3.05, 3.63) is 76.9 Å². The lowest BCUT2D eigenvalue weighted by molar-refractivity contribution is 0.0746. The van der Waals surface area contributed by atoms with Gasteiger partial charge in [0, 0.05) is 31.9 Å². The van der Waals surface area contributed by atoms with Gasteiger partial charge in [-0.15, -0.1) is 0 Å². The van der Waals surface area contributed by atoms with Gasteiger partial charge >= 0.3 is 0 Å². The van der Waals surface area contributed by atoms with Gasteiger partial charge in [0.15, 0.2) is 0 Å². The predicted octanol–water partition coefficient (Wildman–Crippen LogP) is 3.90. The van der Waals surface area contributed by atoms with Crippen molar-refractivity contribution >= 4 is 11.6 Å². The number of aryl methyl sites for hydroxylation is 1. The molecule has 1 aliphatic rings. The molecule has 4 rings (SSSR count). The molecule has 3 aromatic rings. The number of amides is 1. The van der Waals surface area contributed by atoms with Crippen LogP contribution in [0.4, 0.5) is 10.1 Å². The highest BCUT2D eigenvalue weighted by Gasteiger charge is 2.26. The molecule has 1 amide bonds. The minimum Gasteiger partial charge on any atom is -0.368 e. The van der Waals surface area contributed by atoms with E-state index in [-0.39, 0.29) is 11.7 Å². The molecule has 29 heavy (non-hydrogen) atoms. The maximum absolute atomic E-state index is 13.2. The highest BCUT2D eigenvalue weighted by Crippen LogP contribution is 2.24. The highest BCUT2D eigenvalue weighted by molar-refractivity contribution is 5.95. The molecule has 5 nitrogen and oxygen atoms in total. The summed E-state index contributed by atoms with van der Waals surface area (Å²) in [4.78, 5) is 17.3. The Labute approximate surface area is 170 Å². The number of anilines is 1. The molecule has 0 atom stereocenters. The molecule has 0 bridgehead atoms. The third-order valence-corrected chi connectivity index (χ3v) is 5.80. The van der Waals surface area contributed by atoms with Crippen molar-refractivity contribution in [3.63, 3.8) is 0 Å². The molecule has 0 N–H and O–H groups in total. The molecule has 0 unspecified atom stereocenters. The van der Waals surface area contributed by atoms with Gasteiger partial charge in [-0.05, 0) is 62.2 Å². The van der Waals surface area contributed by atoms with E-state index < -0.39 is 0 Å². The van der Waals surface area contributed by atoms with Gasteiger partial charge in [0.25, 0.3) is 5.91 Å². The summed E-state index contributed by atoms with van der Waals surface area (Å²) in [7, 11) is 0. The number of hydrogen-bond acceptors (Lipinski definition) is 3. The van der Waals surface area contributed by atoms with Crippen molar-refractivity contribution in [3.8, 4) is 5.69 Å². The van der Waals surface area contributed by atoms with Gasteiger partial charge in [-0.3, -0.25) is 4.79 Å². The maximum Gasteiger partial charge on any atom is 0.257 e. The van der Waals surface area contributed by atoms with Gasteiger partial charge in [0.1, 0.15) is 5.82 Å². The monoisotopic (exact) mass is 392 g/mol. The molecule has 1 fully saturated rings. The second-order valence-corrected chi connectivity index (χ2v) is 7.53. The van der Waals surface area contributed by atoms with E-state index >= 15 is 0 Å². The second kappa shape index (κ2) is 7.70. The Morgan fingerprint density at radius 2 is 1.66 bits per heavy atom. The first-order valence-electron chi connectivity index (χ1n) is 9.86. The van der Waals surface area contributed by atoms with Crippen molar-refractivity contribution in [2.24, 2.45) is 0 Å². The van der Waals surface area contributed by atoms with Crippen molar-refractivity contribution in [2.45, 2.75) is 20.8 Å². The summed E-state index contributed by atoms with van der Waals surface area (Å²) >= 11 is 0. The molecule has 1 saturated heterocycles. The minimum absolute atomic E-state index is 0.00326. The fourth-order valence-corrected chi connectivity index (χ4v) is 3.86. The quantitative estimate of drug-likeness (QED) is 0.679. The van der Waals surface area contributed by atoms with Crippen LogP contribution in [-0.4, -0.2) is 46.8 Å². The lowest BCUT2D eigenvalue weighted by atomic mass is 10.1. The Morgan fingerprint density at radius 3 is 2.34 bits per heavy atom. The zero-order valence-electron chi connectivity index (χ0n) is 17.0. The fraction of sp³-hybridized carbons (Fsp3) is 0.304. The summed E-state index contributed by atoms with van der Waals surface area (Å²) in [6, 6.07) is 12.5. The molecular formula is C23H25FN4O. The predicted molar refractivity (Wildman–Crippen MR) is 112 cm³/mol. The van der Waals surface area contributed by atoms with Crippen LogP contribution in [0.1, 0.15) is 27.2 Å². The van der Waals surface area contributed by atoms with Crippen LogP contribution in [0.15, 0.2) is 48.7 Å². The van der Waals surface area contributed by atoms with Gasteiger partial charge in [-0.25, -0.2) is 9.07 Å². The number of hydrogen-bond donors (Lipinski definition) is 0. The summed E-state index contributed by atoms with van der Waals surface area (Å²) in [6.45, 7) is 9.11. The Morgan fingerprint density at radius 1 is 0.966 bits per heavy atom. The van der Waals surface area contributed by atoms with Crippen LogP contribution in [-0.2, 0) is 0 Å². The van der Waals surface area contributed by atoms with Crippen LogP contribution in [0.2, 0.25) is 0 Å². The number of piperazine rings is 1. The molecule has 2 aromatic carbocycles. The van der Waals surface area contributed by atoms with E-state index in [2.05, 4.69) is 42.0 Å². The molecular weight excluding hydrogens is 367 g/mol. The van der Waals surface area contributed by atoms with Gasteiger partial charge in [0.05, 0.1) is 23.1 Å².